The third-order valence-electron chi connectivity index (χ3n) is 5.69. The Hall–Kier alpha value is -2.44. The fourth-order valence-corrected chi connectivity index (χ4v) is 4.44. The highest BCUT2D eigenvalue weighted by molar-refractivity contribution is 5.85. The zero-order valence-corrected chi connectivity index (χ0v) is 14.7. The summed E-state index contributed by atoms with van der Waals surface area (Å²) in [5.41, 5.74) is 4.72. The molecule has 2 bridgehead atoms. The highest BCUT2D eigenvalue weighted by Crippen LogP contribution is 2.37. The van der Waals surface area contributed by atoms with E-state index in [2.05, 4.69) is 27.4 Å². The predicted octanol–water partition coefficient (Wildman–Crippen LogP) is 2.87. The Kier molecular flexibility index (Phi) is 3.69. The number of aromatic hydroxyl groups is 1. The van der Waals surface area contributed by atoms with E-state index < -0.39 is 0 Å². The summed E-state index contributed by atoms with van der Waals surface area (Å²) in [6.07, 6.45) is 2.15. The van der Waals surface area contributed by atoms with Gasteiger partial charge in [0.15, 0.2) is 5.65 Å². The molecule has 0 spiro atoms. The van der Waals surface area contributed by atoms with Crippen LogP contribution in [0.4, 0.5) is 0 Å². The van der Waals surface area contributed by atoms with E-state index in [1.807, 2.05) is 24.3 Å². The number of aryl methyl sites for hydroxylation is 1. The Morgan fingerprint density at radius 2 is 1.88 bits per heavy atom. The maximum atomic E-state index is 10.1. The Labute approximate surface area is 151 Å². The van der Waals surface area contributed by atoms with Crippen molar-refractivity contribution in [2.45, 2.75) is 37.8 Å². The number of phenolic OH excluding ortho intramolecular Hbond substituents is 1. The molecule has 3 atom stereocenters. The van der Waals surface area contributed by atoms with Gasteiger partial charge in [0.05, 0.1) is 18.9 Å². The topological polar surface area (TPSA) is 83.1 Å². The van der Waals surface area contributed by atoms with Crippen LogP contribution in [0.1, 0.15) is 30.0 Å². The van der Waals surface area contributed by atoms with E-state index in [1.165, 1.54) is 11.3 Å². The van der Waals surface area contributed by atoms with Gasteiger partial charge in [-0.15, -0.1) is 10.2 Å². The van der Waals surface area contributed by atoms with Crippen molar-refractivity contribution < 1.29 is 9.84 Å². The molecule has 0 aliphatic carbocycles. The lowest BCUT2D eigenvalue weighted by molar-refractivity contribution is 0.0176. The molecule has 2 saturated heterocycles. The normalized spacial score (nSPS) is 25.5. The quantitative estimate of drug-likeness (QED) is 0.662. The Morgan fingerprint density at radius 3 is 2.65 bits per heavy atom. The minimum Gasteiger partial charge on any atom is -0.507 e. The van der Waals surface area contributed by atoms with E-state index in [4.69, 9.17) is 4.74 Å². The van der Waals surface area contributed by atoms with Gasteiger partial charge in [0.25, 0.3) is 0 Å². The standard InChI is InChI=1S/C20H22N4O2/c1-11-16-8-17(15-4-2-3-5-18(15)25)23-24-20(16)22-19(11)12-6-13-9-26-10-14(7-12)21-13/h2-5,8,12-14,21,25H,6-7,9-10H2,1H3,(H,22,24)/t12?,13-,14+. The van der Waals surface area contributed by atoms with E-state index >= 15 is 0 Å². The van der Waals surface area contributed by atoms with E-state index in [1.54, 1.807) is 6.07 Å². The van der Waals surface area contributed by atoms with Gasteiger partial charge >= 0.3 is 0 Å². The number of H-pyrrole nitrogens is 1. The third-order valence-corrected chi connectivity index (χ3v) is 5.69. The number of morpholine rings is 1. The Bertz CT molecular complexity index is 956. The van der Waals surface area contributed by atoms with Gasteiger partial charge in [-0.25, -0.2) is 0 Å². The summed E-state index contributed by atoms with van der Waals surface area (Å²) in [6, 6.07) is 10.1. The lowest BCUT2D eigenvalue weighted by atomic mass is 9.83. The maximum Gasteiger partial charge on any atom is 0.160 e. The number of aromatic nitrogens is 3. The summed E-state index contributed by atoms with van der Waals surface area (Å²) in [5, 5.41) is 23.5. The molecule has 4 heterocycles. The molecule has 0 saturated carbocycles. The molecule has 26 heavy (non-hydrogen) atoms. The van der Waals surface area contributed by atoms with Crippen molar-refractivity contribution in [2.24, 2.45) is 0 Å². The Morgan fingerprint density at radius 1 is 1.12 bits per heavy atom. The van der Waals surface area contributed by atoms with Crippen LogP contribution >= 0.6 is 0 Å². The van der Waals surface area contributed by atoms with Crippen molar-refractivity contribution in [3.8, 4) is 17.0 Å². The molecule has 2 fully saturated rings. The van der Waals surface area contributed by atoms with Crippen LogP contribution < -0.4 is 5.32 Å². The molecule has 2 aliphatic heterocycles. The zero-order valence-electron chi connectivity index (χ0n) is 14.7. The fraction of sp³-hybridized carbons (Fsp3) is 0.400. The smallest absolute Gasteiger partial charge is 0.160 e. The number of fused-ring (bicyclic) bond motifs is 3. The monoisotopic (exact) mass is 350 g/mol. The third kappa shape index (κ3) is 2.57. The molecule has 6 heteroatoms. The summed E-state index contributed by atoms with van der Waals surface area (Å²) in [6.45, 7) is 3.74. The SMILES string of the molecule is Cc1c(C2C[C@H]3COC[C@@H](C2)N3)[nH]c2nnc(-c3ccccc3O)cc12. The van der Waals surface area contributed by atoms with Crippen molar-refractivity contribution in [2.75, 3.05) is 13.2 Å². The van der Waals surface area contributed by atoms with Crippen LogP contribution in [-0.4, -0.2) is 45.6 Å². The number of piperidine rings is 1. The minimum atomic E-state index is 0.223. The summed E-state index contributed by atoms with van der Waals surface area (Å²) in [4.78, 5) is 3.51. The number of rotatable bonds is 2. The second kappa shape index (κ2) is 6.07. The molecule has 2 aromatic heterocycles. The van der Waals surface area contributed by atoms with Gasteiger partial charge in [-0.1, -0.05) is 12.1 Å². The molecule has 0 amide bonds. The molecular formula is C20H22N4O2. The molecule has 6 nitrogen and oxygen atoms in total. The molecular weight excluding hydrogens is 328 g/mol. The van der Waals surface area contributed by atoms with Gasteiger partial charge in [-0.3, -0.25) is 0 Å². The minimum absolute atomic E-state index is 0.223. The first-order chi connectivity index (χ1) is 12.7. The number of phenols is 1. The first kappa shape index (κ1) is 15.8. The van der Waals surface area contributed by atoms with Crippen molar-refractivity contribution in [3.63, 3.8) is 0 Å². The molecule has 134 valence electrons. The van der Waals surface area contributed by atoms with Crippen LogP contribution in [0.3, 0.4) is 0 Å². The van der Waals surface area contributed by atoms with Crippen LogP contribution in [0.25, 0.3) is 22.3 Å². The summed E-state index contributed by atoms with van der Waals surface area (Å²) in [5.74, 6) is 0.707. The van der Waals surface area contributed by atoms with Crippen LogP contribution in [0.2, 0.25) is 0 Å². The summed E-state index contributed by atoms with van der Waals surface area (Å²) in [7, 11) is 0. The number of para-hydroxylation sites is 1. The first-order valence-electron chi connectivity index (χ1n) is 9.17. The van der Waals surface area contributed by atoms with Gasteiger partial charge < -0.3 is 20.1 Å². The summed E-state index contributed by atoms with van der Waals surface area (Å²) < 4.78 is 5.67. The highest BCUT2D eigenvalue weighted by Gasteiger charge is 2.34. The number of hydrogen-bond donors (Lipinski definition) is 3. The number of nitrogens with one attached hydrogen (secondary N) is 2. The van der Waals surface area contributed by atoms with Gasteiger partial charge in [-0.2, -0.15) is 0 Å². The zero-order chi connectivity index (χ0) is 17.7. The molecule has 3 N–H and O–H groups in total. The van der Waals surface area contributed by atoms with E-state index in [0.717, 1.165) is 37.1 Å². The molecule has 1 aromatic carbocycles. The summed E-state index contributed by atoms with van der Waals surface area (Å²) >= 11 is 0. The van der Waals surface area contributed by atoms with E-state index in [0.29, 0.717) is 29.3 Å². The average molecular weight is 350 g/mol. The van der Waals surface area contributed by atoms with Crippen molar-refractivity contribution in [1.29, 1.82) is 0 Å². The second-order valence-electron chi connectivity index (χ2n) is 7.44. The average Bonchev–Trinajstić information content (AvgIpc) is 2.98. The highest BCUT2D eigenvalue weighted by atomic mass is 16.5. The van der Waals surface area contributed by atoms with Gasteiger partial charge in [0, 0.05) is 34.6 Å². The number of ether oxygens (including phenoxy) is 1. The van der Waals surface area contributed by atoms with Gasteiger partial charge in [0.1, 0.15) is 5.75 Å². The fourth-order valence-electron chi connectivity index (χ4n) is 4.44. The van der Waals surface area contributed by atoms with Crippen molar-refractivity contribution in [3.05, 3.63) is 41.6 Å². The number of benzene rings is 1. The Balaban J connectivity index is 1.54. The lowest BCUT2D eigenvalue weighted by Gasteiger charge is -2.40. The van der Waals surface area contributed by atoms with Crippen LogP contribution in [0.15, 0.2) is 30.3 Å². The molecule has 0 radical (unpaired) electrons. The second-order valence-corrected chi connectivity index (χ2v) is 7.44. The van der Waals surface area contributed by atoms with Crippen LogP contribution in [0, 0.1) is 6.92 Å². The lowest BCUT2D eigenvalue weighted by Crippen LogP contribution is -2.53. The largest absolute Gasteiger partial charge is 0.507 e. The molecule has 5 rings (SSSR count). The van der Waals surface area contributed by atoms with Crippen molar-refractivity contribution in [1.82, 2.24) is 20.5 Å². The van der Waals surface area contributed by atoms with Gasteiger partial charge in [-0.05, 0) is 43.5 Å². The number of nitrogens with zero attached hydrogens (tertiary/aromatic N) is 2. The molecule has 2 aliphatic rings. The predicted molar refractivity (Wildman–Crippen MR) is 99.2 cm³/mol. The van der Waals surface area contributed by atoms with Crippen LogP contribution in [-0.2, 0) is 4.74 Å². The molecule has 1 unspecified atom stereocenters. The number of aromatic amines is 1. The molecule has 3 aromatic rings. The number of hydrogen-bond acceptors (Lipinski definition) is 5. The maximum absolute atomic E-state index is 10.1. The van der Waals surface area contributed by atoms with E-state index in [-0.39, 0.29) is 5.75 Å². The first-order valence-corrected chi connectivity index (χ1v) is 9.17. The van der Waals surface area contributed by atoms with Gasteiger partial charge in [0.2, 0.25) is 0 Å². The van der Waals surface area contributed by atoms with Crippen molar-refractivity contribution >= 4 is 11.0 Å². The van der Waals surface area contributed by atoms with Crippen LogP contribution in [0.5, 0.6) is 5.75 Å². The van der Waals surface area contributed by atoms with E-state index in [9.17, 15) is 5.11 Å².